The number of hydrogen-bond acceptors (Lipinski definition) is 7. The molecular formula is C27H24FN5O5. The highest BCUT2D eigenvalue weighted by atomic mass is 19.1. The summed E-state index contributed by atoms with van der Waals surface area (Å²) in [5.41, 5.74) is -0.238. The van der Waals surface area contributed by atoms with Gasteiger partial charge in [-0.3, -0.25) is 9.36 Å². The molecule has 2 N–H and O–H groups in total. The maximum Gasteiger partial charge on any atom is 0.354 e. The van der Waals surface area contributed by atoms with E-state index in [0.29, 0.717) is 24.3 Å². The average Bonchev–Trinajstić information content (AvgIpc) is 3.68. The zero-order valence-corrected chi connectivity index (χ0v) is 20.4. The van der Waals surface area contributed by atoms with Gasteiger partial charge in [0.25, 0.3) is 0 Å². The minimum absolute atomic E-state index is 0.0115. The summed E-state index contributed by atoms with van der Waals surface area (Å²) in [4.78, 5) is 45.8. The Balaban J connectivity index is 1.46. The van der Waals surface area contributed by atoms with Crippen LogP contribution in [-0.4, -0.2) is 30.2 Å². The minimum Gasteiger partial charge on any atom is -0.481 e. The van der Waals surface area contributed by atoms with Gasteiger partial charge in [-0.15, -0.1) is 0 Å². The van der Waals surface area contributed by atoms with Gasteiger partial charge >= 0.3 is 17.3 Å². The number of benzene rings is 2. The Hall–Kier alpha value is -4.80. The van der Waals surface area contributed by atoms with Gasteiger partial charge in [-0.05, 0) is 55.7 Å². The highest BCUT2D eigenvalue weighted by Gasteiger charge is 2.51. The predicted octanol–water partition coefficient (Wildman–Crippen LogP) is 3.70. The number of rotatable bonds is 9. The summed E-state index contributed by atoms with van der Waals surface area (Å²) in [6.45, 7) is 1.83. The van der Waals surface area contributed by atoms with Gasteiger partial charge in [-0.25, -0.2) is 14.2 Å². The molecule has 1 aliphatic rings. The standard InChI is InChI=1S/C27H24FN5O5/c1-17-5-7-18(8-6-17)15-32-24(31-25(36)33(26(32)37)16-27(13-14-27)23(34)35)29-19-9-11-20(12-10-19)38-22-4-2-3-21(28)30-22/h2-12H,13-16H2,1H3,(H,34,35)(H,29,31,36). The summed E-state index contributed by atoms with van der Waals surface area (Å²) in [7, 11) is 0. The second-order valence-electron chi connectivity index (χ2n) is 9.29. The molecule has 0 saturated heterocycles. The lowest BCUT2D eigenvalue weighted by atomic mass is 10.1. The van der Waals surface area contributed by atoms with E-state index in [9.17, 15) is 23.9 Å². The second-order valence-corrected chi connectivity index (χ2v) is 9.29. The Labute approximate surface area is 216 Å². The number of aromatic nitrogens is 4. The quantitative estimate of drug-likeness (QED) is 0.322. The van der Waals surface area contributed by atoms with Gasteiger partial charge in [0.1, 0.15) is 5.75 Å². The number of nitrogens with one attached hydrogen (secondary N) is 1. The Morgan fingerprint density at radius 2 is 1.74 bits per heavy atom. The fraction of sp³-hybridized carbons (Fsp3) is 0.222. The Morgan fingerprint density at radius 1 is 1.03 bits per heavy atom. The summed E-state index contributed by atoms with van der Waals surface area (Å²) in [5, 5.41) is 12.6. The van der Waals surface area contributed by atoms with E-state index in [1.165, 1.54) is 22.8 Å². The number of carboxylic acid groups (broad SMARTS) is 1. The first kappa shape index (κ1) is 24.9. The molecule has 2 aromatic heterocycles. The Morgan fingerprint density at radius 3 is 2.37 bits per heavy atom. The third-order valence-corrected chi connectivity index (χ3v) is 6.40. The molecule has 0 unspecified atom stereocenters. The maximum absolute atomic E-state index is 13.5. The van der Waals surface area contributed by atoms with Crippen LogP contribution < -0.4 is 21.4 Å². The van der Waals surface area contributed by atoms with E-state index in [1.807, 2.05) is 31.2 Å². The van der Waals surface area contributed by atoms with E-state index in [-0.39, 0.29) is 24.9 Å². The van der Waals surface area contributed by atoms with E-state index < -0.39 is 28.7 Å². The smallest absolute Gasteiger partial charge is 0.354 e. The van der Waals surface area contributed by atoms with Gasteiger partial charge in [-0.2, -0.15) is 14.4 Å². The van der Waals surface area contributed by atoms with Crippen molar-refractivity contribution in [3.05, 3.63) is 105 Å². The van der Waals surface area contributed by atoms with Crippen LogP contribution in [0.25, 0.3) is 0 Å². The predicted molar refractivity (Wildman–Crippen MR) is 136 cm³/mol. The van der Waals surface area contributed by atoms with Gasteiger partial charge in [-0.1, -0.05) is 35.9 Å². The van der Waals surface area contributed by atoms with Crippen molar-refractivity contribution in [2.75, 3.05) is 5.32 Å². The van der Waals surface area contributed by atoms with Crippen molar-refractivity contribution >= 4 is 17.6 Å². The number of anilines is 2. The summed E-state index contributed by atoms with van der Waals surface area (Å²) in [5.74, 6) is -1.19. The van der Waals surface area contributed by atoms with Crippen molar-refractivity contribution < 1.29 is 19.0 Å². The van der Waals surface area contributed by atoms with Gasteiger partial charge in [0, 0.05) is 18.3 Å². The largest absolute Gasteiger partial charge is 0.481 e. The molecule has 2 heterocycles. The topological polar surface area (TPSA) is 128 Å². The highest BCUT2D eigenvalue weighted by molar-refractivity contribution is 5.77. The molecule has 0 amide bonds. The van der Waals surface area contributed by atoms with Crippen molar-refractivity contribution in [1.29, 1.82) is 0 Å². The number of pyridine rings is 1. The number of carbonyl (C=O) groups is 1. The minimum atomic E-state index is -1.12. The van der Waals surface area contributed by atoms with E-state index in [2.05, 4.69) is 15.3 Å². The SMILES string of the molecule is Cc1ccc(Cn2c(Nc3ccc(Oc4cccc(F)n4)cc3)nc(=O)n(CC3(C(=O)O)CC3)c2=O)cc1. The first-order valence-electron chi connectivity index (χ1n) is 11.9. The van der Waals surface area contributed by atoms with Crippen LogP contribution in [0.3, 0.4) is 0 Å². The molecule has 11 heteroatoms. The number of ether oxygens (including phenoxy) is 1. The zero-order chi connectivity index (χ0) is 26.9. The molecule has 4 aromatic rings. The molecule has 0 spiro atoms. The number of hydrogen-bond donors (Lipinski definition) is 2. The molecular weight excluding hydrogens is 493 g/mol. The van der Waals surface area contributed by atoms with Crippen LogP contribution in [-0.2, 0) is 17.9 Å². The first-order valence-corrected chi connectivity index (χ1v) is 11.9. The number of aryl methyl sites for hydroxylation is 1. The highest BCUT2D eigenvalue weighted by Crippen LogP contribution is 2.46. The molecule has 2 aromatic carbocycles. The lowest BCUT2D eigenvalue weighted by Gasteiger charge is -2.17. The van der Waals surface area contributed by atoms with Gasteiger partial charge < -0.3 is 15.2 Å². The Kier molecular flexibility index (Phi) is 6.50. The average molecular weight is 518 g/mol. The third-order valence-electron chi connectivity index (χ3n) is 6.40. The number of halogens is 1. The molecule has 0 atom stereocenters. The monoisotopic (exact) mass is 517 g/mol. The summed E-state index contributed by atoms with van der Waals surface area (Å²) in [6.07, 6.45) is 0.789. The summed E-state index contributed by atoms with van der Waals surface area (Å²) in [6, 6.07) is 18.3. The molecule has 1 fully saturated rings. The molecule has 194 valence electrons. The second kappa shape index (κ2) is 9.92. The van der Waals surface area contributed by atoms with Crippen molar-refractivity contribution in [1.82, 2.24) is 19.1 Å². The van der Waals surface area contributed by atoms with Crippen LogP contribution >= 0.6 is 0 Å². The van der Waals surface area contributed by atoms with Crippen LogP contribution in [0.2, 0.25) is 0 Å². The van der Waals surface area contributed by atoms with E-state index in [1.54, 1.807) is 24.3 Å². The van der Waals surface area contributed by atoms with E-state index in [4.69, 9.17) is 4.74 Å². The molecule has 1 aliphatic carbocycles. The third kappa shape index (κ3) is 5.31. The number of nitrogens with zero attached hydrogens (tertiary/aromatic N) is 4. The summed E-state index contributed by atoms with van der Waals surface area (Å²) < 4.78 is 21.1. The molecule has 10 nitrogen and oxygen atoms in total. The van der Waals surface area contributed by atoms with Gasteiger partial charge in [0.05, 0.1) is 12.0 Å². The lowest BCUT2D eigenvalue weighted by Crippen LogP contribution is -2.45. The molecule has 38 heavy (non-hydrogen) atoms. The van der Waals surface area contributed by atoms with Crippen LogP contribution in [0.4, 0.5) is 16.0 Å². The van der Waals surface area contributed by atoms with Gasteiger partial charge in [0.2, 0.25) is 17.8 Å². The van der Waals surface area contributed by atoms with Crippen LogP contribution in [0.15, 0.2) is 76.3 Å². The number of aliphatic carboxylic acids is 1. The molecule has 0 aliphatic heterocycles. The van der Waals surface area contributed by atoms with Crippen molar-refractivity contribution in [2.45, 2.75) is 32.9 Å². The molecule has 0 radical (unpaired) electrons. The first-order chi connectivity index (χ1) is 18.2. The maximum atomic E-state index is 13.5. The number of carboxylic acids is 1. The fourth-order valence-electron chi connectivity index (χ4n) is 3.97. The van der Waals surface area contributed by atoms with Crippen LogP contribution in [0.1, 0.15) is 24.0 Å². The van der Waals surface area contributed by atoms with Crippen LogP contribution in [0.5, 0.6) is 11.6 Å². The normalized spacial score (nSPS) is 13.6. The molecule has 1 saturated carbocycles. The summed E-state index contributed by atoms with van der Waals surface area (Å²) >= 11 is 0. The van der Waals surface area contributed by atoms with E-state index >= 15 is 0 Å². The fourth-order valence-corrected chi connectivity index (χ4v) is 3.97. The van der Waals surface area contributed by atoms with Crippen molar-refractivity contribution in [3.8, 4) is 11.6 Å². The molecule has 5 rings (SSSR count). The Bertz CT molecular complexity index is 1610. The van der Waals surface area contributed by atoms with Crippen molar-refractivity contribution in [3.63, 3.8) is 0 Å². The van der Waals surface area contributed by atoms with E-state index in [0.717, 1.165) is 15.7 Å². The van der Waals surface area contributed by atoms with Crippen LogP contribution in [0, 0.1) is 18.3 Å². The zero-order valence-electron chi connectivity index (χ0n) is 20.4. The van der Waals surface area contributed by atoms with Gasteiger partial charge in [0.15, 0.2) is 0 Å². The molecule has 0 bridgehead atoms. The van der Waals surface area contributed by atoms with Crippen molar-refractivity contribution in [2.24, 2.45) is 5.41 Å². The lowest BCUT2D eigenvalue weighted by molar-refractivity contribution is -0.144.